The van der Waals surface area contributed by atoms with Crippen molar-refractivity contribution in [1.82, 2.24) is 0 Å². The van der Waals surface area contributed by atoms with Gasteiger partial charge in [0.2, 0.25) is 0 Å². The minimum absolute atomic E-state index is 0.0328. The molecule has 2 aromatic carbocycles. The van der Waals surface area contributed by atoms with Gasteiger partial charge in [0.25, 0.3) is 10.1 Å². The highest BCUT2D eigenvalue weighted by molar-refractivity contribution is 7.86. The van der Waals surface area contributed by atoms with E-state index in [1.165, 1.54) is 12.1 Å². The van der Waals surface area contributed by atoms with Crippen LogP contribution in [-0.4, -0.2) is 49.8 Å². The average molecular weight is 394 g/mol. The Bertz CT molecular complexity index is 836. The summed E-state index contributed by atoms with van der Waals surface area (Å²) in [6.45, 7) is 1.49. The molecule has 1 heterocycles. The summed E-state index contributed by atoms with van der Waals surface area (Å²) in [6.07, 6.45) is -4.78. The van der Waals surface area contributed by atoms with Crippen LogP contribution in [0.25, 0.3) is 0 Å². The number of aryl methyl sites for hydroxylation is 1. The normalized spacial score (nSPS) is 25.6. The molecule has 0 bridgehead atoms. The molecule has 8 heteroatoms. The van der Waals surface area contributed by atoms with Gasteiger partial charge in [-0.1, -0.05) is 48.0 Å². The predicted molar refractivity (Wildman–Crippen MR) is 96.2 cm³/mol. The first-order valence-corrected chi connectivity index (χ1v) is 9.91. The maximum absolute atomic E-state index is 12.6. The smallest absolute Gasteiger partial charge is 0.297 e. The molecule has 1 fully saturated rings. The fourth-order valence-corrected chi connectivity index (χ4v) is 3.83. The molecule has 0 spiro atoms. The van der Waals surface area contributed by atoms with Gasteiger partial charge in [0, 0.05) is 0 Å². The van der Waals surface area contributed by atoms with Gasteiger partial charge < -0.3 is 19.7 Å². The Labute approximate surface area is 158 Å². The van der Waals surface area contributed by atoms with Crippen LogP contribution in [0.3, 0.4) is 0 Å². The van der Waals surface area contributed by atoms with Crippen LogP contribution in [0.5, 0.6) is 0 Å². The minimum Gasteiger partial charge on any atom is -0.394 e. The SMILES string of the molecule is Cc1ccc(S(=O)(=O)O[C@H]2[C@@H](OCc3ccccc3)O[C@@H](CO)[C@H]2O)cc1. The first-order chi connectivity index (χ1) is 12.9. The van der Waals surface area contributed by atoms with Crippen LogP contribution in [0.15, 0.2) is 59.5 Å². The first kappa shape index (κ1) is 19.9. The van der Waals surface area contributed by atoms with E-state index in [4.69, 9.17) is 13.7 Å². The van der Waals surface area contributed by atoms with Crippen molar-refractivity contribution in [2.75, 3.05) is 6.61 Å². The van der Waals surface area contributed by atoms with Crippen molar-refractivity contribution in [3.05, 3.63) is 65.7 Å². The summed E-state index contributed by atoms with van der Waals surface area (Å²) in [5.41, 5.74) is 1.76. The summed E-state index contributed by atoms with van der Waals surface area (Å²) in [6, 6.07) is 15.4. The highest BCUT2D eigenvalue weighted by atomic mass is 32.2. The largest absolute Gasteiger partial charge is 0.394 e. The molecule has 1 saturated heterocycles. The highest BCUT2D eigenvalue weighted by Crippen LogP contribution is 2.29. The van der Waals surface area contributed by atoms with Crippen molar-refractivity contribution < 1.29 is 32.3 Å². The van der Waals surface area contributed by atoms with E-state index in [0.717, 1.165) is 11.1 Å². The third-order valence-corrected chi connectivity index (χ3v) is 5.60. The summed E-state index contributed by atoms with van der Waals surface area (Å²) in [5.74, 6) is 0. The zero-order valence-electron chi connectivity index (χ0n) is 14.8. The van der Waals surface area contributed by atoms with E-state index in [1.807, 2.05) is 37.3 Å². The lowest BCUT2D eigenvalue weighted by atomic mass is 10.1. The number of rotatable bonds is 7. The maximum Gasteiger partial charge on any atom is 0.297 e. The highest BCUT2D eigenvalue weighted by Gasteiger charge is 2.47. The number of ether oxygens (including phenoxy) is 2. The molecule has 0 saturated carbocycles. The molecule has 2 N–H and O–H groups in total. The number of benzene rings is 2. The van der Waals surface area contributed by atoms with E-state index in [1.54, 1.807) is 12.1 Å². The Morgan fingerprint density at radius 1 is 1.07 bits per heavy atom. The summed E-state index contributed by atoms with van der Waals surface area (Å²) in [4.78, 5) is -0.0328. The molecule has 0 unspecified atom stereocenters. The molecule has 2 aromatic rings. The van der Waals surface area contributed by atoms with Crippen molar-refractivity contribution in [1.29, 1.82) is 0 Å². The lowest BCUT2D eigenvalue weighted by molar-refractivity contribution is -0.170. The molecule has 0 amide bonds. The van der Waals surface area contributed by atoms with Crippen LogP contribution in [-0.2, 0) is 30.4 Å². The van der Waals surface area contributed by atoms with Crippen molar-refractivity contribution in [2.45, 2.75) is 43.0 Å². The van der Waals surface area contributed by atoms with Gasteiger partial charge in [0.05, 0.1) is 18.1 Å². The Hall–Kier alpha value is -1.81. The van der Waals surface area contributed by atoms with E-state index in [9.17, 15) is 18.6 Å². The van der Waals surface area contributed by atoms with Crippen molar-refractivity contribution in [3.8, 4) is 0 Å². The van der Waals surface area contributed by atoms with Crippen LogP contribution >= 0.6 is 0 Å². The number of hydrogen-bond acceptors (Lipinski definition) is 7. The van der Waals surface area contributed by atoms with Gasteiger partial charge in [-0.25, -0.2) is 0 Å². The maximum atomic E-state index is 12.6. The Balaban J connectivity index is 1.75. The monoisotopic (exact) mass is 394 g/mol. The fraction of sp³-hybridized carbons (Fsp3) is 0.368. The van der Waals surface area contributed by atoms with Gasteiger partial charge in [0.15, 0.2) is 12.4 Å². The standard InChI is InChI=1S/C19H22O7S/c1-13-7-9-15(10-8-13)27(22,23)26-18-17(21)16(11-20)25-19(18)24-12-14-5-3-2-4-6-14/h2-10,16-21H,11-12H2,1H3/t16-,17+,18+,19-/m0/s1. The number of aliphatic hydroxyl groups is 2. The molecule has 0 radical (unpaired) electrons. The average Bonchev–Trinajstić information content (AvgIpc) is 2.96. The van der Waals surface area contributed by atoms with E-state index < -0.39 is 41.3 Å². The predicted octanol–water partition coefficient (Wildman–Crippen LogP) is 1.36. The van der Waals surface area contributed by atoms with Crippen molar-refractivity contribution >= 4 is 10.1 Å². The number of aliphatic hydroxyl groups excluding tert-OH is 2. The zero-order chi connectivity index (χ0) is 19.4. The second kappa shape index (κ2) is 8.47. The van der Waals surface area contributed by atoms with Crippen molar-refractivity contribution in [3.63, 3.8) is 0 Å². The lowest BCUT2D eigenvalue weighted by Crippen LogP contribution is -2.38. The second-order valence-corrected chi connectivity index (χ2v) is 7.91. The van der Waals surface area contributed by atoms with Gasteiger partial charge in [-0.15, -0.1) is 0 Å². The van der Waals surface area contributed by atoms with E-state index >= 15 is 0 Å². The molecular weight excluding hydrogens is 372 g/mol. The van der Waals surface area contributed by atoms with E-state index in [2.05, 4.69) is 0 Å². The Morgan fingerprint density at radius 2 is 1.74 bits per heavy atom. The van der Waals surface area contributed by atoms with Gasteiger partial charge in [-0.3, -0.25) is 4.18 Å². The van der Waals surface area contributed by atoms with Crippen LogP contribution in [0.1, 0.15) is 11.1 Å². The van der Waals surface area contributed by atoms with Gasteiger partial charge in [-0.05, 0) is 24.6 Å². The van der Waals surface area contributed by atoms with Crippen LogP contribution in [0.4, 0.5) is 0 Å². The fourth-order valence-electron chi connectivity index (χ4n) is 2.75. The van der Waals surface area contributed by atoms with E-state index in [0.29, 0.717) is 0 Å². The lowest BCUT2D eigenvalue weighted by Gasteiger charge is -2.20. The Kier molecular flexibility index (Phi) is 6.25. The molecule has 1 aliphatic rings. The third kappa shape index (κ3) is 4.73. The third-order valence-electron chi connectivity index (χ3n) is 4.28. The second-order valence-electron chi connectivity index (χ2n) is 6.34. The molecule has 7 nitrogen and oxygen atoms in total. The quantitative estimate of drug-likeness (QED) is 0.684. The molecule has 146 valence electrons. The van der Waals surface area contributed by atoms with Gasteiger partial charge >= 0.3 is 0 Å². The molecular formula is C19H22O7S. The number of hydrogen-bond donors (Lipinski definition) is 2. The van der Waals surface area contributed by atoms with Gasteiger partial charge in [-0.2, -0.15) is 8.42 Å². The van der Waals surface area contributed by atoms with Crippen molar-refractivity contribution in [2.24, 2.45) is 0 Å². The molecule has 3 rings (SSSR count). The van der Waals surface area contributed by atoms with Crippen LogP contribution < -0.4 is 0 Å². The summed E-state index contributed by atoms with van der Waals surface area (Å²) >= 11 is 0. The topological polar surface area (TPSA) is 102 Å². The molecule has 0 aliphatic carbocycles. The summed E-state index contributed by atoms with van der Waals surface area (Å²) in [5, 5.41) is 19.7. The molecule has 27 heavy (non-hydrogen) atoms. The molecule has 0 aromatic heterocycles. The van der Waals surface area contributed by atoms with Crippen LogP contribution in [0, 0.1) is 6.92 Å². The van der Waals surface area contributed by atoms with E-state index in [-0.39, 0.29) is 11.5 Å². The Morgan fingerprint density at radius 3 is 2.37 bits per heavy atom. The van der Waals surface area contributed by atoms with Crippen LogP contribution in [0.2, 0.25) is 0 Å². The molecule has 4 atom stereocenters. The minimum atomic E-state index is -4.14. The molecule has 1 aliphatic heterocycles. The zero-order valence-corrected chi connectivity index (χ0v) is 15.6. The van der Waals surface area contributed by atoms with Gasteiger partial charge in [0.1, 0.15) is 12.2 Å². The summed E-state index contributed by atoms with van der Waals surface area (Å²) < 4.78 is 41.4. The summed E-state index contributed by atoms with van der Waals surface area (Å²) in [7, 11) is -4.14. The first-order valence-electron chi connectivity index (χ1n) is 8.50.